The average Bonchev–Trinajstić information content (AvgIpc) is 3.41. The van der Waals surface area contributed by atoms with E-state index in [-0.39, 0.29) is 0 Å². The number of rotatable bonds is 7. The number of aryl methyl sites for hydroxylation is 1. The predicted octanol–water partition coefficient (Wildman–Crippen LogP) is 3.06. The van der Waals surface area contributed by atoms with Gasteiger partial charge in [-0.25, -0.2) is 9.78 Å². The molecular weight excluding hydrogens is 404 g/mol. The second-order valence-electron chi connectivity index (χ2n) is 8.49. The van der Waals surface area contributed by atoms with E-state index in [9.17, 15) is 4.79 Å². The summed E-state index contributed by atoms with van der Waals surface area (Å²) in [6.07, 6.45) is 4.89. The highest BCUT2D eigenvalue weighted by atomic mass is 16.5. The molecule has 2 aliphatic rings. The summed E-state index contributed by atoms with van der Waals surface area (Å²) in [7, 11) is 0. The Morgan fingerprint density at radius 1 is 1.09 bits per heavy atom. The average molecular weight is 435 g/mol. The van der Waals surface area contributed by atoms with Crippen molar-refractivity contribution in [1.29, 1.82) is 0 Å². The van der Waals surface area contributed by atoms with Crippen molar-refractivity contribution in [2.45, 2.75) is 25.8 Å². The lowest BCUT2D eigenvalue weighted by Gasteiger charge is -2.36. The minimum absolute atomic E-state index is 0.554. The first-order valence-corrected chi connectivity index (χ1v) is 11.4. The summed E-state index contributed by atoms with van der Waals surface area (Å²) in [6.45, 7) is 6.84. The molecule has 0 aliphatic carbocycles. The molecule has 3 aromatic rings. The molecule has 1 aromatic carbocycles. The standard InChI is InChI=1S/C24H30N6O2/c25-24(31)27-21-17-19-6-4-9-26-23(19)30(21)11-2-1-10-28-12-14-29(15-13-28)20-7-3-5-18-8-16-32-22(18)20/h3-7,9,17H,1-2,8,10-16H2,(H3,25,27,31). The Balaban J connectivity index is 1.13. The van der Waals surface area contributed by atoms with Crippen LogP contribution < -0.4 is 20.7 Å². The number of nitrogens with zero attached hydrogens (tertiary/aromatic N) is 4. The fourth-order valence-electron chi connectivity index (χ4n) is 4.81. The van der Waals surface area contributed by atoms with Gasteiger partial charge in [0, 0.05) is 50.7 Å². The van der Waals surface area contributed by atoms with Gasteiger partial charge in [0.15, 0.2) is 0 Å². The summed E-state index contributed by atoms with van der Waals surface area (Å²) in [5.41, 5.74) is 8.81. The first-order valence-electron chi connectivity index (χ1n) is 11.4. The number of unbranched alkanes of at least 4 members (excludes halogenated alkanes) is 1. The minimum Gasteiger partial charge on any atom is -0.491 e. The molecular formula is C24H30N6O2. The number of primary amides is 1. The molecule has 0 saturated carbocycles. The smallest absolute Gasteiger partial charge is 0.317 e. The van der Waals surface area contributed by atoms with E-state index >= 15 is 0 Å². The molecule has 0 atom stereocenters. The quantitative estimate of drug-likeness (QED) is 0.558. The number of benzene rings is 1. The fourth-order valence-corrected chi connectivity index (χ4v) is 4.81. The van der Waals surface area contributed by atoms with Gasteiger partial charge in [-0.15, -0.1) is 0 Å². The van der Waals surface area contributed by atoms with E-state index < -0.39 is 6.03 Å². The first kappa shape index (κ1) is 20.6. The third kappa shape index (κ3) is 4.23. The molecule has 8 nitrogen and oxygen atoms in total. The number of nitrogens with two attached hydrogens (primary N) is 1. The van der Waals surface area contributed by atoms with Crippen molar-refractivity contribution in [1.82, 2.24) is 14.5 Å². The van der Waals surface area contributed by atoms with E-state index in [1.807, 2.05) is 22.8 Å². The lowest BCUT2D eigenvalue weighted by molar-refractivity contribution is 0.250. The van der Waals surface area contributed by atoms with Gasteiger partial charge in [-0.1, -0.05) is 12.1 Å². The molecule has 0 radical (unpaired) electrons. The van der Waals surface area contributed by atoms with E-state index in [1.165, 1.54) is 11.3 Å². The molecule has 2 amide bonds. The number of para-hydroxylation sites is 1. The Hall–Kier alpha value is -3.26. The maximum atomic E-state index is 11.4. The second kappa shape index (κ2) is 9.08. The summed E-state index contributed by atoms with van der Waals surface area (Å²) in [5, 5.41) is 3.73. The third-order valence-electron chi connectivity index (χ3n) is 6.42. The zero-order valence-electron chi connectivity index (χ0n) is 18.3. The summed E-state index contributed by atoms with van der Waals surface area (Å²) < 4.78 is 7.94. The topological polar surface area (TPSA) is 88.6 Å². The molecule has 168 valence electrons. The molecule has 32 heavy (non-hydrogen) atoms. The van der Waals surface area contributed by atoms with Crippen molar-refractivity contribution in [3.05, 3.63) is 48.2 Å². The molecule has 1 saturated heterocycles. The molecule has 0 bridgehead atoms. The predicted molar refractivity (Wildman–Crippen MR) is 126 cm³/mol. The van der Waals surface area contributed by atoms with Gasteiger partial charge in [0.05, 0.1) is 12.3 Å². The highest BCUT2D eigenvalue weighted by Crippen LogP contribution is 2.36. The normalized spacial score (nSPS) is 16.2. The number of piperazine rings is 1. The molecule has 2 aromatic heterocycles. The first-order chi connectivity index (χ1) is 15.7. The largest absolute Gasteiger partial charge is 0.491 e. The van der Waals surface area contributed by atoms with Crippen LogP contribution in [0.15, 0.2) is 42.6 Å². The van der Waals surface area contributed by atoms with E-state index in [0.29, 0.717) is 5.82 Å². The molecule has 0 spiro atoms. The Bertz CT molecular complexity index is 1100. The van der Waals surface area contributed by atoms with Crippen LogP contribution in [0, 0.1) is 0 Å². The van der Waals surface area contributed by atoms with Gasteiger partial charge in [0.2, 0.25) is 0 Å². The lowest BCUT2D eigenvalue weighted by Crippen LogP contribution is -2.46. The molecule has 8 heteroatoms. The summed E-state index contributed by atoms with van der Waals surface area (Å²) in [5.74, 6) is 1.80. The molecule has 3 N–H and O–H groups in total. The monoisotopic (exact) mass is 434 g/mol. The van der Waals surface area contributed by atoms with Crippen molar-refractivity contribution in [2.24, 2.45) is 5.73 Å². The summed E-state index contributed by atoms with van der Waals surface area (Å²) in [6, 6.07) is 11.8. The number of fused-ring (bicyclic) bond motifs is 2. The van der Waals surface area contributed by atoms with Crippen LogP contribution in [-0.2, 0) is 13.0 Å². The number of urea groups is 1. The van der Waals surface area contributed by atoms with Gasteiger partial charge in [0.1, 0.15) is 17.2 Å². The highest BCUT2D eigenvalue weighted by Gasteiger charge is 2.23. The van der Waals surface area contributed by atoms with Gasteiger partial charge in [-0.05, 0) is 49.2 Å². The Morgan fingerprint density at radius 2 is 1.94 bits per heavy atom. The van der Waals surface area contributed by atoms with Crippen LogP contribution >= 0.6 is 0 Å². The van der Waals surface area contributed by atoms with Crippen molar-refractivity contribution >= 4 is 28.6 Å². The number of aromatic nitrogens is 2. The van der Waals surface area contributed by atoms with E-state index in [0.717, 1.165) is 81.9 Å². The zero-order chi connectivity index (χ0) is 21.9. The van der Waals surface area contributed by atoms with Crippen LogP contribution in [0.5, 0.6) is 5.75 Å². The van der Waals surface area contributed by atoms with Gasteiger partial charge in [0.25, 0.3) is 0 Å². The van der Waals surface area contributed by atoms with Crippen molar-refractivity contribution < 1.29 is 9.53 Å². The highest BCUT2D eigenvalue weighted by molar-refractivity contribution is 5.91. The maximum Gasteiger partial charge on any atom is 0.317 e. The number of amides is 2. The number of hydrogen-bond acceptors (Lipinski definition) is 5. The number of hydrogen-bond donors (Lipinski definition) is 2. The number of carbonyl (C=O) groups excluding carboxylic acids is 1. The summed E-state index contributed by atoms with van der Waals surface area (Å²) >= 11 is 0. The van der Waals surface area contributed by atoms with Gasteiger partial charge >= 0.3 is 6.03 Å². The van der Waals surface area contributed by atoms with Crippen LogP contribution in [-0.4, -0.2) is 59.8 Å². The molecule has 2 aliphatic heterocycles. The van der Waals surface area contributed by atoms with Crippen molar-refractivity contribution in [2.75, 3.05) is 49.5 Å². The summed E-state index contributed by atoms with van der Waals surface area (Å²) in [4.78, 5) is 20.9. The number of anilines is 2. The molecule has 1 fully saturated rings. The SMILES string of the molecule is NC(=O)Nc1cc2cccnc2n1CCCCN1CCN(c2cccc3c2OCC3)CC1. The third-order valence-corrected chi connectivity index (χ3v) is 6.42. The van der Waals surface area contributed by atoms with Crippen LogP contribution in [0.1, 0.15) is 18.4 Å². The number of pyridine rings is 1. The van der Waals surface area contributed by atoms with E-state index in [2.05, 4.69) is 38.3 Å². The molecule has 0 unspecified atom stereocenters. The Morgan fingerprint density at radius 3 is 2.78 bits per heavy atom. The Kier molecular flexibility index (Phi) is 5.85. The fraction of sp³-hybridized carbons (Fsp3) is 0.417. The van der Waals surface area contributed by atoms with E-state index in [4.69, 9.17) is 10.5 Å². The second-order valence-corrected chi connectivity index (χ2v) is 8.49. The maximum absolute atomic E-state index is 11.4. The number of nitrogens with one attached hydrogen (secondary N) is 1. The van der Waals surface area contributed by atoms with Crippen LogP contribution in [0.2, 0.25) is 0 Å². The Labute approximate surface area is 187 Å². The van der Waals surface area contributed by atoms with Crippen molar-refractivity contribution in [3.8, 4) is 5.75 Å². The van der Waals surface area contributed by atoms with Crippen molar-refractivity contribution in [3.63, 3.8) is 0 Å². The molecule has 4 heterocycles. The minimum atomic E-state index is -0.554. The number of carbonyl (C=O) groups is 1. The van der Waals surface area contributed by atoms with Crippen LogP contribution in [0.4, 0.5) is 16.3 Å². The van der Waals surface area contributed by atoms with Crippen LogP contribution in [0.25, 0.3) is 11.0 Å². The lowest BCUT2D eigenvalue weighted by atomic mass is 10.1. The van der Waals surface area contributed by atoms with E-state index in [1.54, 1.807) is 6.20 Å². The van der Waals surface area contributed by atoms with Gasteiger partial charge in [-0.3, -0.25) is 10.2 Å². The number of ether oxygens (including phenoxy) is 1. The van der Waals surface area contributed by atoms with Gasteiger partial charge in [-0.2, -0.15) is 0 Å². The molecule has 5 rings (SSSR count). The van der Waals surface area contributed by atoms with Crippen LogP contribution in [0.3, 0.4) is 0 Å². The van der Waals surface area contributed by atoms with Gasteiger partial charge < -0.3 is 19.9 Å². The zero-order valence-corrected chi connectivity index (χ0v) is 18.3.